The lowest BCUT2D eigenvalue weighted by molar-refractivity contribution is 1.29. The Bertz CT molecular complexity index is 3710. The van der Waals surface area contributed by atoms with Gasteiger partial charge in [0.1, 0.15) is 0 Å². The smallest absolute Gasteiger partial charge is 0.0973 e. The molecule has 312 valence electrons. The fourth-order valence-corrected chi connectivity index (χ4v) is 9.59. The minimum absolute atomic E-state index is 0.774. The molecule has 0 amide bonds. The molecule has 66 heavy (non-hydrogen) atoms. The Morgan fingerprint density at radius 1 is 0.288 bits per heavy atom. The molecular formula is C58H36Br2N6. The van der Waals surface area contributed by atoms with Gasteiger partial charge < -0.3 is 9.97 Å². The normalized spacial score (nSPS) is 12.0. The number of benzene rings is 6. The van der Waals surface area contributed by atoms with E-state index < -0.39 is 0 Å². The molecule has 0 aliphatic carbocycles. The first kappa shape index (κ1) is 39.8. The summed E-state index contributed by atoms with van der Waals surface area (Å²) in [6.45, 7) is 0. The van der Waals surface area contributed by atoms with E-state index in [1.54, 1.807) is 0 Å². The van der Waals surface area contributed by atoms with Crippen LogP contribution in [0.25, 0.3) is 124 Å². The molecule has 10 aromatic rings. The monoisotopic (exact) mass is 974 g/mol. The van der Waals surface area contributed by atoms with Crippen LogP contribution in [0, 0.1) is 0 Å². The van der Waals surface area contributed by atoms with Crippen molar-refractivity contribution in [1.29, 1.82) is 0 Å². The second-order valence-electron chi connectivity index (χ2n) is 16.2. The molecule has 8 heteroatoms. The van der Waals surface area contributed by atoms with Crippen molar-refractivity contribution in [3.63, 3.8) is 0 Å². The number of nitrogens with zero attached hydrogens (tertiary/aromatic N) is 4. The second-order valence-corrected chi connectivity index (χ2v) is 18.1. The summed E-state index contributed by atoms with van der Waals surface area (Å²) >= 11 is 7.23. The molecule has 4 aromatic heterocycles. The van der Waals surface area contributed by atoms with E-state index in [0.717, 1.165) is 132 Å². The summed E-state index contributed by atoms with van der Waals surface area (Å²) in [5, 5.41) is 0. The Labute approximate surface area is 397 Å². The highest BCUT2D eigenvalue weighted by molar-refractivity contribution is 9.10. The Kier molecular flexibility index (Phi) is 10.0. The Morgan fingerprint density at radius 2 is 0.621 bits per heavy atom. The van der Waals surface area contributed by atoms with Crippen LogP contribution in [0.15, 0.2) is 191 Å². The van der Waals surface area contributed by atoms with Crippen LogP contribution in [-0.2, 0) is 0 Å². The fourth-order valence-electron chi connectivity index (χ4n) is 9.06. The number of H-pyrrole nitrogens is 2. The maximum atomic E-state index is 5.52. The summed E-state index contributed by atoms with van der Waals surface area (Å²) in [6, 6.07) is 62.9. The van der Waals surface area contributed by atoms with Gasteiger partial charge in [-0.2, -0.15) is 0 Å². The molecule has 0 radical (unpaired) electrons. The number of fused-ring (bicyclic) bond motifs is 9. The molecule has 6 heterocycles. The zero-order valence-corrected chi connectivity index (χ0v) is 38.3. The molecule has 12 rings (SSSR count). The molecule has 2 aliphatic rings. The molecule has 6 aromatic carbocycles. The number of rotatable bonds is 6. The fraction of sp³-hybridized carbons (Fsp3) is 0. The molecule has 8 bridgehead atoms. The lowest BCUT2D eigenvalue weighted by Crippen LogP contribution is -1.96. The predicted octanol–water partition coefficient (Wildman–Crippen LogP) is 16.1. The van der Waals surface area contributed by atoms with Crippen molar-refractivity contribution < 1.29 is 0 Å². The topological polar surface area (TPSA) is 83.1 Å². The van der Waals surface area contributed by atoms with Crippen LogP contribution < -0.4 is 0 Å². The number of nitrogens with one attached hydrogen (secondary N) is 2. The third-order valence-corrected chi connectivity index (χ3v) is 13.2. The summed E-state index contributed by atoms with van der Waals surface area (Å²) in [4.78, 5) is 29.4. The van der Waals surface area contributed by atoms with Gasteiger partial charge in [0.25, 0.3) is 0 Å². The van der Waals surface area contributed by atoms with Gasteiger partial charge in [0.05, 0.1) is 45.2 Å². The Hall–Kier alpha value is -7.78. The van der Waals surface area contributed by atoms with Gasteiger partial charge in [0.2, 0.25) is 0 Å². The van der Waals surface area contributed by atoms with Crippen LogP contribution in [0.3, 0.4) is 0 Å². The van der Waals surface area contributed by atoms with E-state index >= 15 is 0 Å². The molecular weight excluding hydrogens is 940 g/mol. The molecule has 0 fully saturated rings. The number of hydrogen-bond acceptors (Lipinski definition) is 4. The van der Waals surface area contributed by atoms with Crippen LogP contribution in [0.2, 0.25) is 0 Å². The van der Waals surface area contributed by atoms with Gasteiger partial charge >= 0.3 is 0 Å². The summed E-state index contributed by atoms with van der Waals surface area (Å²) in [5.74, 6) is 0. The molecule has 6 nitrogen and oxygen atoms in total. The average Bonchev–Trinajstić information content (AvgIpc) is 4.21. The summed E-state index contributed by atoms with van der Waals surface area (Å²) in [6.07, 6.45) is 8.52. The van der Waals surface area contributed by atoms with Crippen molar-refractivity contribution in [1.82, 2.24) is 29.9 Å². The van der Waals surface area contributed by atoms with Gasteiger partial charge in [-0.15, -0.1) is 0 Å². The van der Waals surface area contributed by atoms with Gasteiger partial charge in [-0.25, -0.2) is 19.9 Å². The maximum absolute atomic E-state index is 5.52. The van der Waals surface area contributed by atoms with Crippen LogP contribution in [0.5, 0.6) is 0 Å². The minimum Gasteiger partial charge on any atom is -0.354 e. The third-order valence-electron chi connectivity index (χ3n) is 12.1. The van der Waals surface area contributed by atoms with Crippen molar-refractivity contribution in [2.75, 3.05) is 0 Å². The SMILES string of the molecule is Brc1ccc(-c2nc3ccc(-c4c5nc(c(-c6ccccc6)c6ccc([nH]6)c(-c6ccccc6)c6nc(c(-c7ccccc7)c7ccc4[nH]7)C=C6)C=C5)cc3nc2-c2ccc(Br)cc2)cc1. The summed E-state index contributed by atoms with van der Waals surface area (Å²) in [5.41, 5.74) is 20.4. The highest BCUT2D eigenvalue weighted by Gasteiger charge is 2.20. The standard InChI is InChI=1S/C58H36Br2N6/c59-41-21-16-38(17-22-41)57-58(39-18-23-42(60)24-19-39)66-52-34-40(20-25-43(52)65-57)56-50-32-30-48(63-50)54(36-12-6-2-7-13-36)46-28-26-44(61-46)53(35-10-4-1-5-11-35)45-27-29-47(62-45)55(37-14-8-3-9-15-37)49-31-33-51(56)64-49/h1-34,61,64H. The largest absolute Gasteiger partial charge is 0.354 e. The van der Waals surface area contributed by atoms with Crippen molar-refractivity contribution in [2.45, 2.75) is 0 Å². The van der Waals surface area contributed by atoms with E-state index in [2.05, 4.69) is 206 Å². The van der Waals surface area contributed by atoms with Crippen molar-refractivity contribution >= 4 is 89.3 Å². The second kappa shape index (κ2) is 16.7. The average molecular weight is 977 g/mol. The van der Waals surface area contributed by atoms with Gasteiger partial charge in [-0.1, -0.05) is 153 Å². The third kappa shape index (κ3) is 7.30. The van der Waals surface area contributed by atoms with Crippen molar-refractivity contribution in [3.8, 4) is 67.0 Å². The number of aromatic amines is 2. The molecule has 0 spiro atoms. The van der Waals surface area contributed by atoms with Crippen molar-refractivity contribution in [2.24, 2.45) is 0 Å². The highest BCUT2D eigenvalue weighted by atomic mass is 79.9. The lowest BCUT2D eigenvalue weighted by Gasteiger charge is -2.12. The molecule has 0 unspecified atom stereocenters. The van der Waals surface area contributed by atoms with E-state index in [4.69, 9.17) is 19.9 Å². The van der Waals surface area contributed by atoms with E-state index in [0.29, 0.717) is 0 Å². The van der Waals surface area contributed by atoms with Gasteiger partial charge in [0, 0.05) is 64.4 Å². The highest BCUT2D eigenvalue weighted by Crippen LogP contribution is 2.40. The molecule has 0 saturated carbocycles. The van der Waals surface area contributed by atoms with Crippen molar-refractivity contribution in [3.05, 3.63) is 214 Å². The molecule has 0 atom stereocenters. The molecule has 0 saturated heterocycles. The van der Waals surface area contributed by atoms with E-state index in [9.17, 15) is 0 Å². The van der Waals surface area contributed by atoms with E-state index in [1.807, 2.05) is 42.5 Å². The first-order valence-corrected chi connectivity index (χ1v) is 23.3. The quantitative estimate of drug-likeness (QED) is 0.174. The van der Waals surface area contributed by atoms with Gasteiger partial charge in [-0.05, 0) is 107 Å². The van der Waals surface area contributed by atoms with Crippen LogP contribution >= 0.6 is 31.9 Å². The van der Waals surface area contributed by atoms with Crippen LogP contribution in [0.4, 0.5) is 0 Å². The van der Waals surface area contributed by atoms with Gasteiger partial charge in [0.15, 0.2) is 0 Å². The first-order chi connectivity index (χ1) is 32.5. The number of aromatic nitrogens is 6. The van der Waals surface area contributed by atoms with Crippen LogP contribution in [0.1, 0.15) is 22.8 Å². The van der Waals surface area contributed by atoms with Crippen LogP contribution in [-0.4, -0.2) is 29.9 Å². The molecule has 2 N–H and O–H groups in total. The first-order valence-electron chi connectivity index (χ1n) is 21.7. The Morgan fingerprint density at radius 3 is 1.00 bits per heavy atom. The zero-order valence-electron chi connectivity index (χ0n) is 35.2. The summed E-state index contributed by atoms with van der Waals surface area (Å²) in [7, 11) is 0. The number of hydrogen-bond donors (Lipinski definition) is 2. The van der Waals surface area contributed by atoms with Gasteiger partial charge in [-0.3, -0.25) is 0 Å². The number of halogens is 2. The predicted molar refractivity (Wildman–Crippen MR) is 280 cm³/mol. The lowest BCUT2D eigenvalue weighted by atomic mass is 10.0. The van der Waals surface area contributed by atoms with E-state index in [-0.39, 0.29) is 0 Å². The van der Waals surface area contributed by atoms with E-state index in [1.165, 1.54) is 0 Å². The minimum atomic E-state index is 0.774. The molecule has 2 aliphatic heterocycles. The zero-order chi connectivity index (χ0) is 44.1. The Balaban J connectivity index is 1.17. The maximum Gasteiger partial charge on any atom is 0.0973 e. The summed E-state index contributed by atoms with van der Waals surface area (Å²) < 4.78 is 2.00.